The van der Waals surface area contributed by atoms with Crippen LogP contribution >= 0.6 is 27.3 Å². The lowest BCUT2D eigenvalue weighted by atomic mass is 10.1. The summed E-state index contributed by atoms with van der Waals surface area (Å²) in [6.45, 7) is -0.502. The molecule has 1 aliphatic heterocycles. The quantitative estimate of drug-likeness (QED) is 0.387. The second kappa shape index (κ2) is 8.37. The summed E-state index contributed by atoms with van der Waals surface area (Å²) in [6, 6.07) is 12.1. The number of ether oxygens (including phenoxy) is 2. The summed E-state index contributed by atoms with van der Waals surface area (Å²) >= 11 is 4.83. The van der Waals surface area contributed by atoms with Crippen molar-refractivity contribution in [3.63, 3.8) is 0 Å². The van der Waals surface area contributed by atoms with Crippen molar-refractivity contribution in [3.05, 3.63) is 69.1 Å². The largest absolute Gasteiger partial charge is 0.496 e. The van der Waals surface area contributed by atoms with Gasteiger partial charge in [-0.3, -0.25) is 19.3 Å². The SMILES string of the molecule is COc1ccc(Br)cc1-c1nc(COC(=O)CN2C(=O)c3ccccc3C2=O)cs1. The highest BCUT2D eigenvalue weighted by atomic mass is 79.9. The van der Waals surface area contributed by atoms with Crippen LogP contribution in [0.15, 0.2) is 52.3 Å². The molecule has 2 amide bonds. The van der Waals surface area contributed by atoms with E-state index in [1.807, 2.05) is 18.2 Å². The van der Waals surface area contributed by atoms with Gasteiger partial charge in [0.1, 0.15) is 23.9 Å². The maximum atomic E-state index is 12.3. The van der Waals surface area contributed by atoms with Gasteiger partial charge >= 0.3 is 5.97 Å². The Labute approximate surface area is 184 Å². The Morgan fingerprint density at radius 2 is 1.80 bits per heavy atom. The molecule has 0 unspecified atom stereocenters. The minimum atomic E-state index is -0.681. The summed E-state index contributed by atoms with van der Waals surface area (Å²) in [4.78, 5) is 42.3. The number of halogens is 1. The number of aromatic nitrogens is 1. The molecular weight excluding hydrogens is 472 g/mol. The second-order valence-electron chi connectivity index (χ2n) is 6.39. The molecule has 0 spiro atoms. The van der Waals surface area contributed by atoms with Crippen molar-refractivity contribution < 1.29 is 23.9 Å². The van der Waals surface area contributed by atoms with Crippen molar-refractivity contribution in [1.82, 2.24) is 9.88 Å². The fraction of sp³-hybridized carbons (Fsp3) is 0.143. The number of benzene rings is 2. The average molecular weight is 487 g/mol. The zero-order chi connectivity index (χ0) is 21.3. The Balaban J connectivity index is 1.40. The summed E-state index contributed by atoms with van der Waals surface area (Å²) in [5.74, 6) is -0.990. The van der Waals surface area contributed by atoms with Crippen LogP contribution < -0.4 is 4.74 Å². The highest BCUT2D eigenvalue weighted by Gasteiger charge is 2.36. The van der Waals surface area contributed by atoms with Gasteiger partial charge in [-0.15, -0.1) is 11.3 Å². The molecule has 0 N–H and O–H groups in total. The predicted octanol–water partition coefficient (Wildman–Crippen LogP) is 3.92. The highest BCUT2D eigenvalue weighted by Crippen LogP contribution is 2.34. The predicted molar refractivity (Wildman–Crippen MR) is 113 cm³/mol. The van der Waals surface area contributed by atoms with Crippen LogP contribution in [0.2, 0.25) is 0 Å². The molecule has 4 rings (SSSR count). The lowest BCUT2D eigenvalue weighted by molar-refractivity contribution is -0.145. The van der Waals surface area contributed by atoms with Gasteiger partial charge in [-0.2, -0.15) is 0 Å². The first-order valence-corrected chi connectivity index (χ1v) is 10.5. The molecule has 0 radical (unpaired) electrons. The van der Waals surface area contributed by atoms with E-state index in [9.17, 15) is 14.4 Å². The molecule has 3 aromatic rings. The lowest BCUT2D eigenvalue weighted by Gasteiger charge is -2.12. The van der Waals surface area contributed by atoms with Crippen molar-refractivity contribution in [2.24, 2.45) is 0 Å². The number of amides is 2. The van der Waals surface area contributed by atoms with Crippen LogP contribution in [0.4, 0.5) is 0 Å². The minimum Gasteiger partial charge on any atom is -0.496 e. The normalized spacial score (nSPS) is 12.8. The van der Waals surface area contributed by atoms with Gasteiger partial charge in [0, 0.05) is 9.85 Å². The first-order chi connectivity index (χ1) is 14.5. The van der Waals surface area contributed by atoms with Crippen LogP contribution in [0.1, 0.15) is 26.4 Å². The number of thiazole rings is 1. The molecule has 7 nitrogen and oxygen atoms in total. The molecule has 0 saturated carbocycles. The van der Waals surface area contributed by atoms with E-state index in [-0.39, 0.29) is 6.61 Å². The zero-order valence-corrected chi connectivity index (χ0v) is 18.2. The van der Waals surface area contributed by atoms with Gasteiger partial charge in [0.15, 0.2) is 0 Å². The number of carbonyl (C=O) groups is 3. The van der Waals surface area contributed by atoms with E-state index in [2.05, 4.69) is 20.9 Å². The number of imide groups is 1. The second-order valence-corrected chi connectivity index (χ2v) is 8.17. The van der Waals surface area contributed by atoms with Crippen molar-refractivity contribution in [3.8, 4) is 16.3 Å². The average Bonchev–Trinajstić information content (AvgIpc) is 3.32. The third kappa shape index (κ3) is 3.86. The van der Waals surface area contributed by atoms with Crippen LogP contribution in [-0.2, 0) is 16.1 Å². The van der Waals surface area contributed by atoms with E-state index in [0.29, 0.717) is 22.6 Å². The molecule has 0 aliphatic carbocycles. The smallest absolute Gasteiger partial charge is 0.326 e. The summed E-state index contributed by atoms with van der Waals surface area (Å²) in [6.07, 6.45) is 0. The number of nitrogens with zero attached hydrogens (tertiary/aromatic N) is 2. The number of methoxy groups -OCH3 is 1. The Kier molecular flexibility index (Phi) is 5.65. The summed E-state index contributed by atoms with van der Waals surface area (Å²) in [5, 5.41) is 2.50. The Morgan fingerprint density at radius 1 is 1.10 bits per heavy atom. The molecule has 0 bridgehead atoms. The van der Waals surface area contributed by atoms with Gasteiger partial charge in [-0.1, -0.05) is 28.1 Å². The molecule has 9 heteroatoms. The summed E-state index contributed by atoms with van der Waals surface area (Å²) < 4.78 is 11.5. The molecule has 2 heterocycles. The minimum absolute atomic E-state index is 0.0607. The fourth-order valence-corrected chi connectivity index (χ4v) is 4.24. The molecule has 0 saturated heterocycles. The Morgan fingerprint density at radius 3 is 2.47 bits per heavy atom. The third-order valence-corrected chi connectivity index (χ3v) is 5.91. The van der Waals surface area contributed by atoms with E-state index in [1.54, 1.807) is 36.8 Å². The number of hydrogen-bond acceptors (Lipinski definition) is 7. The number of hydrogen-bond donors (Lipinski definition) is 0. The Hall–Kier alpha value is -3.04. The maximum Gasteiger partial charge on any atom is 0.326 e. The van der Waals surface area contributed by atoms with Gasteiger partial charge in [-0.25, -0.2) is 4.98 Å². The molecule has 2 aromatic carbocycles. The van der Waals surface area contributed by atoms with Crippen LogP contribution in [-0.4, -0.2) is 41.3 Å². The van der Waals surface area contributed by atoms with Crippen molar-refractivity contribution in [1.29, 1.82) is 0 Å². The highest BCUT2D eigenvalue weighted by molar-refractivity contribution is 9.10. The molecule has 152 valence electrons. The molecule has 1 aliphatic rings. The van der Waals surface area contributed by atoms with Crippen LogP contribution in [0.3, 0.4) is 0 Å². The molecule has 1 aromatic heterocycles. The van der Waals surface area contributed by atoms with Crippen LogP contribution in [0.25, 0.3) is 10.6 Å². The first kappa shape index (κ1) is 20.2. The van der Waals surface area contributed by atoms with Crippen molar-refractivity contribution in [2.45, 2.75) is 6.61 Å². The maximum absolute atomic E-state index is 12.3. The van der Waals surface area contributed by atoms with E-state index >= 15 is 0 Å². The van der Waals surface area contributed by atoms with Gasteiger partial charge in [-0.05, 0) is 30.3 Å². The number of esters is 1. The van der Waals surface area contributed by atoms with Crippen LogP contribution in [0, 0.1) is 0 Å². The topological polar surface area (TPSA) is 85.8 Å². The lowest BCUT2D eigenvalue weighted by Crippen LogP contribution is -2.35. The first-order valence-electron chi connectivity index (χ1n) is 8.87. The monoisotopic (exact) mass is 486 g/mol. The molecule has 0 atom stereocenters. The van der Waals surface area contributed by atoms with Crippen LogP contribution in [0.5, 0.6) is 5.75 Å². The number of rotatable bonds is 6. The molecule has 0 fully saturated rings. The Bertz CT molecular complexity index is 1120. The van der Waals surface area contributed by atoms with Gasteiger partial charge < -0.3 is 9.47 Å². The zero-order valence-electron chi connectivity index (χ0n) is 15.8. The van der Waals surface area contributed by atoms with Gasteiger partial charge in [0.05, 0.1) is 29.5 Å². The van der Waals surface area contributed by atoms with Gasteiger partial charge in [0.2, 0.25) is 0 Å². The van der Waals surface area contributed by atoms with E-state index in [0.717, 1.165) is 19.9 Å². The van der Waals surface area contributed by atoms with E-state index in [1.165, 1.54) is 11.3 Å². The van der Waals surface area contributed by atoms with Crippen molar-refractivity contribution in [2.75, 3.05) is 13.7 Å². The summed E-state index contributed by atoms with van der Waals surface area (Å²) in [5.41, 5.74) is 1.97. The number of fused-ring (bicyclic) bond motifs is 1. The van der Waals surface area contributed by atoms with E-state index in [4.69, 9.17) is 9.47 Å². The van der Waals surface area contributed by atoms with E-state index < -0.39 is 24.3 Å². The fourth-order valence-electron chi connectivity index (χ4n) is 3.06. The molecule has 30 heavy (non-hydrogen) atoms. The number of carbonyl (C=O) groups excluding carboxylic acids is 3. The van der Waals surface area contributed by atoms with Crippen molar-refractivity contribution >= 4 is 45.1 Å². The molecular formula is C21H15BrN2O5S. The van der Waals surface area contributed by atoms with Gasteiger partial charge in [0.25, 0.3) is 11.8 Å². The standard InChI is InChI=1S/C21H15BrN2O5S/c1-28-17-7-6-12(22)8-16(17)19-23-13(11-30-19)10-29-18(25)9-24-20(26)14-4-2-3-5-15(14)21(24)27/h2-8,11H,9-10H2,1H3. The summed E-state index contributed by atoms with van der Waals surface area (Å²) in [7, 11) is 1.59. The third-order valence-electron chi connectivity index (χ3n) is 4.49.